The van der Waals surface area contributed by atoms with Gasteiger partial charge in [0.1, 0.15) is 0 Å². The van der Waals surface area contributed by atoms with Crippen LogP contribution >= 0.6 is 24.8 Å². The van der Waals surface area contributed by atoms with E-state index in [9.17, 15) is 4.39 Å². The van der Waals surface area contributed by atoms with Gasteiger partial charge in [-0.1, -0.05) is 0 Å². The van der Waals surface area contributed by atoms with E-state index in [4.69, 9.17) is 0 Å². The van der Waals surface area contributed by atoms with Crippen molar-refractivity contribution in [1.82, 2.24) is 0 Å². The molecule has 2 unspecified atom stereocenters. The van der Waals surface area contributed by atoms with Crippen molar-refractivity contribution < 1.29 is 21.8 Å². The molecule has 0 N–H and O–H groups in total. The van der Waals surface area contributed by atoms with E-state index in [1.807, 2.05) is 12.1 Å². The van der Waals surface area contributed by atoms with Gasteiger partial charge in [0.2, 0.25) is 0 Å². The first-order valence-electron chi connectivity index (χ1n) is 10.6. The van der Waals surface area contributed by atoms with Crippen molar-refractivity contribution in [3.8, 4) is 0 Å². The first-order chi connectivity index (χ1) is 13.5. The predicted octanol–water partition coefficient (Wildman–Crippen LogP) is 7.75. The molecule has 0 heterocycles. The molecule has 166 valence electrons. The zero-order chi connectivity index (χ0) is 21.2. The second-order valence-corrected chi connectivity index (χ2v) is 39.5. The van der Waals surface area contributed by atoms with Gasteiger partial charge in [-0.15, -0.1) is 24.8 Å². The summed E-state index contributed by atoms with van der Waals surface area (Å²) in [6, 6.07) is 15.9. The molecule has 0 saturated carbocycles. The number of hydrogen-bond acceptors (Lipinski definition) is 0. The van der Waals surface area contributed by atoms with Crippen molar-refractivity contribution >= 4 is 37.3 Å². The first kappa shape index (κ1) is 26.5. The molecule has 31 heavy (non-hydrogen) atoms. The van der Waals surface area contributed by atoms with Crippen molar-refractivity contribution in [2.75, 3.05) is 0 Å². The number of hydrogen-bond donors (Lipinski definition) is 0. The van der Waals surface area contributed by atoms with Gasteiger partial charge in [0.25, 0.3) is 0 Å². The van der Waals surface area contributed by atoms with Crippen LogP contribution < -0.4 is 0 Å². The van der Waals surface area contributed by atoms with Gasteiger partial charge < -0.3 is 0 Å². The van der Waals surface area contributed by atoms with Gasteiger partial charge in [0.05, 0.1) is 0 Å². The van der Waals surface area contributed by atoms with Crippen molar-refractivity contribution in [2.45, 2.75) is 40.6 Å². The zero-order valence-corrected chi connectivity index (χ0v) is 24.8. The molecule has 2 aliphatic carbocycles. The predicted molar refractivity (Wildman–Crippen MR) is 138 cm³/mol. The number of allylic oxidation sites excluding steroid dienone is 5. The maximum Gasteiger partial charge on any atom is -0.147 e. The van der Waals surface area contributed by atoms with Gasteiger partial charge in [0.15, 0.2) is 0 Å². The van der Waals surface area contributed by atoms with Gasteiger partial charge >= 0.3 is 178 Å². The molecule has 0 aliphatic heterocycles. The summed E-state index contributed by atoms with van der Waals surface area (Å²) in [5.41, 5.74) is 8.93. The minimum absolute atomic E-state index is 0. The van der Waals surface area contributed by atoms with E-state index in [0.29, 0.717) is 9.54 Å². The molecule has 0 aromatic heterocycles. The maximum absolute atomic E-state index is 14.7. The van der Waals surface area contributed by atoms with Gasteiger partial charge in [-0.3, -0.25) is 0 Å². The fraction of sp³-hybridized carbons (Fsp3) is 0.308. The second kappa shape index (κ2) is 8.90. The van der Waals surface area contributed by atoms with E-state index in [1.165, 1.54) is 27.8 Å². The largest absolute Gasteiger partial charge is 0.147 e. The molecule has 2 aromatic rings. The van der Waals surface area contributed by atoms with Gasteiger partial charge in [-0.2, -0.15) is 0 Å². The number of fused-ring (bicyclic) bond motifs is 1. The molecule has 0 nitrogen and oxygen atoms in total. The van der Waals surface area contributed by atoms with E-state index in [2.05, 4.69) is 74.2 Å². The summed E-state index contributed by atoms with van der Waals surface area (Å²) in [6.07, 6.45) is 2.41. The van der Waals surface area contributed by atoms with Crippen LogP contribution in [0.1, 0.15) is 48.0 Å². The van der Waals surface area contributed by atoms with E-state index < -0.39 is 17.4 Å². The van der Waals surface area contributed by atoms with Crippen LogP contribution in [0.2, 0.25) is 9.26 Å². The van der Waals surface area contributed by atoms with Crippen LogP contribution in [-0.2, 0) is 17.4 Å². The minimum Gasteiger partial charge on any atom is -0.147 e. The third kappa shape index (κ3) is 4.05. The number of benzene rings is 2. The Morgan fingerprint density at radius 1 is 0.839 bits per heavy atom. The van der Waals surface area contributed by atoms with Crippen molar-refractivity contribution in [2.24, 2.45) is 5.92 Å². The van der Waals surface area contributed by atoms with Crippen molar-refractivity contribution in [3.05, 3.63) is 97.1 Å². The Morgan fingerprint density at radius 3 is 1.94 bits per heavy atom. The molecule has 4 rings (SSSR count). The molecule has 0 amide bonds. The topological polar surface area (TPSA) is 0 Å². The Balaban J connectivity index is 0.00000171. The summed E-state index contributed by atoms with van der Waals surface area (Å²) < 4.78 is 22.1. The standard InChI is InChI=1S/C15H10F.C9H13.2CH3.2ClH.H2Si.Zr/c16-15-8-4-3-7-14(15)13-10-9-11-5-1-2-6-12(11)13;1-6-5-7(2)9(4)8(6)3;;;;;;/h1-10H;6H,1-4H3;2*1H3;2*1H;1H2;. The molecular weight excluding hydrogens is 522 g/mol. The second-order valence-electron chi connectivity index (χ2n) is 10.0. The molecule has 0 bridgehead atoms. The van der Waals surface area contributed by atoms with Crippen LogP contribution in [0.5, 0.6) is 0 Å². The quantitative estimate of drug-likeness (QED) is 0.340. The molecule has 0 fully saturated rings. The smallest absolute Gasteiger partial charge is 0.147 e. The monoisotopic (exact) mass is 552 g/mol. The SMILES string of the molecule is CC1=C(C)C(C)[C]([Zr]([CH3])([CH3])(=[SiH2])[CH]2C=C(c3ccccc3F)c3ccccc32)=C1C.Cl.Cl. The Kier molecular flexibility index (Phi) is 7.61. The Hall–Kier alpha value is -0.730. The Bertz CT molecular complexity index is 1200. The summed E-state index contributed by atoms with van der Waals surface area (Å²) in [5, 5.41) is 0. The third-order valence-corrected chi connectivity index (χ3v) is 24.9. The van der Waals surface area contributed by atoms with Gasteiger partial charge in [0, 0.05) is 0 Å². The summed E-state index contributed by atoms with van der Waals surface area (Å²) in [6.45, 7) is 11.6. The fourth-order valence-electron chi connectivity index (χ4n) is 5.90. The van der Waals surface area contributed by atoms with E-state index >= 15 is 0 Å². The van der Waals surface area contributed by atoms with E-state index in [-0.39, 0.29) is 30.6 Å². The molecular formula is C26H33Cl2FSiZr. The molecule has 2 atom stereocenters. The van der Waals surface area contributed by atoms with Crippen LogP contribution in [0.15, 0.2) is 74.6 Å². The summed E-state index contributed by atoms with van der Waals surface area (Å²) in [7, 11) is 0. The number of halogens is 3. The van der Waals surface area contributed by atoms with Crippen molar-refractivity contribution in [3.63, 3.8) is 0 Å². The summed E-state index contributed by atoms with van der Waals surface area (Å²) >= 11 is -3.43. The molecule has 0 saturated heterocycles. The fourth-order valence-corrected chi connectivity index (χ4v) is 24.4. The van der Waals surface area contributed by atoms with Crippen LogP contribution in [-0.4, -0.2) is 6.88 Å². The Labute approximate surface area is 201 Å². The van der Waals surface area contributed by atoms with E-state index in [1.54, 1.807) is 15.4 Å². The van der Waals surface area contributed by atoms with E-state index in [0.717, 1.165) is 11.1 Å². The summed E-state index contributed by atoms with van der Waals surface area (Å²) in [5.74, 6) is 0.388. The molecule has 0 radical (unpaired) electrons. The zero-order valence-electron chi connectivity index (χ0n) is 19.3. The van der Waals surface area contributed by atoms with Crippen LogP contribution in [0.25, 0.3) is 5.57 Å². The third-order valence-electron chi connectivity index (χ3n) is 7.61. The molecule has 5 heteroatoms. The molecule has 2 aliphatic rings. The first-order valence-corrected chi connectivity index (χ1v) is 24.0. The summed E-state index contributed by atoms with van der Waals surface area (Å²) in [4.78, 5) is 0. The van der Waals surface area contributed by atoms with Crippen molar-refractivity contribution in [1.29, 1.82) is 0 Å². The minimum atomic E-state index is -3.43. The Morgan fingerprint density at radius 2 is 1.39 bits per heavy atom. The average Bonchev–Trinajstić information content (AvgIpc) is 3.15. The maximum atomic E-state index is 14.7. The van der Waals surface area contributed by atoms with Crippen LogP contribution in [0.4, 0.5) is 4.39 Å². The van der Waals surface area contributed by atoms with Gasteiger partial charge in [-0.05, 0) is 0 Å². The average molecular weight is 555 g/mol. The van der Waals surface area contributed by atoms with Gasteiger partial charge in [-0.25, -0.2) is 0 Å². The van der Waals surface area contributed by atoms with Crippen LogP contribution in [0.3, 0.4) is 0 Å². The molecule has 2 aromatic carbocycles. The van der Waals surface area contributed by atoms with Crippen LogP contribution in [0, 0.1) is 11.7 Å². The molecule has 0 spiro atoms. The normalized spacial score (nSPS) is 20.8. The number of rotatable bonds is 3.